The van der Waals surface area contributed by atoms with Gasteiger partial charge in [-0.15, -0.1) is 0 Å². The van der Waals surface area contributed by atoms with E-state index in [9.17, 15) is 4.79 Å². The van der Waals surface area contributed by atoms with Gasteiger partial charge in [-0.05, 0) is 31.2 Å². The normalized spacial score (nSPS) is 10.6. The molecule has 19 heavy (non-hydrogen) atoms. The molecule has 0 N–H and O–H groups in total. The second-order valence-corrected chi connectivity index (χ2v) is 6.16. The summed E-state index contributed by atoms with van der Waals surface area (Å²) in [5.74, 6) is -0.234. The van der Waals surface area contributed by atoms with Crippen LogP contribution in [0.5, 0.6) is 0 Å². The summed E-state index contributed by atoms with van der Waals surface area (Å²) in [7, 11) is 0. The van der Waals surface area contributed by atoms with E-state index >= 15 is 0 Å². The van der Waals surface area contributed by atoms with Crippen LogP contribution in [0.15, 0.2) is 34.8 Å². The number of halogens is 4. The Morgan fingerprint density at radius 3 is 2.21 bits per heavy atom. The summed E-state index contributed by atoms with van der Waals surface area (Å²) < 4.78 is 0.699. The molecule has 0 aromatic heterocycles. The van der Waals surface area contributed by atoms with E-state index < -0.39 is 0 Å². The molecule has 0 heterocycles. The molecule has 5 heteroatoms. The molecule has 0 atom stereocenters. The first kappa shape index (κ1) is 14.9. The quantitative estimate of drug-likeness (QED) is 0.590. The molecule has 2 rings (SSSR count). The fraction of sp³-hybridized carbons (Fsp3) is 0.0714. The summed E-state index contributed by atoms with van der Waals surface area (Å²) in [5, 5.41) is 0.890. The Bertz CT molecular complexity index is 645. The van der Waals surface area contributed by atoms with Crippen LogP contribution >= 0.6 is 50.7 Å². The largest absolute Gasteiger partial charge is 0.288 e. The molecule has 0 radical (unpaired) electrons. The van der Waals surface area contributed by atoms with Crippen molar-refractivity contribution < 1.29 is 4.79 Å². The minimum atomic E-state index is -0.234. The predicted octanol–water partition coefficient (Wildman–Crippen LogP) is 5.95. The van der Waals surface area contributed by atoms with E-state index in [0.29, 0.717) is 15.1 Å². The van der Waals surface area contributed by atoms with Gasteiger partial charge in [0.2, 0.25) is 0 Å². The van der Waals surface area contributed by atoms with Gasteiger partial charge in [-0.1, -0.05) is 62.4 Å². The van der Waals surface area contributed by atoms with Crippen molar-refractivity contribution in [3.63, 3.8) is 0 Å². The fourth-order valence-electron chi connectivity index (χ4n) is 1.71. The highest BCUT2D eigenvalue weighted by atomic mass is 79.9. The topological polar surface area (TPSA) is 17.1 Å². The number of aryl methyl sites for hydroxylation is 1. The highest BCUT2D eigenvalue weighted by Gasteiger charge is 2.19. The zero-order valence-corrected chi connectivity index (χ0v) is 13.7. The average molecular weight is 378 g/mol. The molecule has 0 aliphatic carbocycles. The first-order valence-corrected chi connectivity index (χ1v) is 7.28. The average Bonchev–Trinajstić information content (AvgIpc) is 2.30. The number of hydrogen-bond acceptors (Lipinski definition) is 1. The zero-order chi connectivity index (χ0) is 14.2. The van der Waals surface area contributed by atoms with Gasteiger partial charge in [0.15, 0.2) is 5.78 Å². The molecule has 0 fully saturated rings. The first-order valence-electron chi connectivity index (χ1n) is 5.35. The SMILES string of the molecule is Cc1ccc(Br)c(C(=O)c2c(Cl)cc(Cl)cc2Cl)c1. The summed E-state index contributed by atoms with van der Waals surface area (Å²) in [6.45, 7) is 1.91. The summed E-state index contributed by atoms with van der Waals surface area (Å²) in [6.07, 6.45) is 0. The summed E-state index contributed by atoms with van der Waals surface area (Å²) >= 11 is 21.3. The van der Waals surface area contributed by atoms with E-state index in [4.69, 9.17) is 34.8 Å². The lowest BCUT2D eigenvalue weighted by molar-refractivity contribution is 0.103. The van der Waals surface area contributed by atoms with Crippen LogP contribution in [0.25, 0.3) is 0 Å². The molecule has 2 aromatic carbocycles. The number of rotatable bonds is 2. The van der Waals surface area contributed by atoms with Crippen LogP contribution in [0.3, 0.4) is 0 Å². The Morgan fingerprint density at radius 1 is 1.05 bits per heavy atom. The van der Waals surface area contributed by atoms with E-state index in [1.165, 1.54) is 12.1 Å². The molecule has 0 spiro atoms. The van der Waals surface area contributed by atoms with Crippen LogP contribution in [0.4, 0.5) is 0 Å². The molecule has 0 saturated heterocycles. The Hall–Kier alpha value is -0.540. The van der Waals surface area contributed by atoms with E-state index in [0.717, 1.165) is 5.56 Å². The summed E-state index contributed by atoms with van der Waals surface area (Å²) in [4.78, 5) is 12.5. The van der Waals surface area contributed by atoms with Crippen LogP contribution in [-0.2, 0) is 0 Å². The maximum absolute atomic E-state index is 12.5. The van der Waals surface area contributed by atoms with Gasteiger partial charge in [0, 0.05) is 15.1 Å². The Morgan fingerprint density at radius 2 is 1.63 bits per heavy atom. The van der Waals surface area contributed by atoms with E-state index in [1.54, 1.807) is 6.07 Å². The Kier molecular flexibility index (Phi) is 4.57. The summed E-state index contributed by atoms with van der Waals surface area (Å²) in [6, 6.07) is 8.53. The number of ketones is 1. The van der Waals surface area contributed by atoms with Crippen LogP contribution in [-0.4, -0.2) is 5.78 Å². The van der Waals surface area contributed by atoms with Crippen molar-refractivity contribution in [1.29, 1.82) is 0 Å². The molecule has 1 nitrogen and oxygen atoms in total. The van der Waals surface area contributed by atoms with Gasteiger partial charge in [0.25, 0.3) is 0 Å². The van der Waals surface area contributed by atoms with E-state index in [1.807, 2.05) is 19.1 Å². The van der Waals surface area contributed by atoms with Gasteiger partial charge in [-0.3, -0.25) is 4.79 Å². The fourth-order valence-corrected chi connectivity index (χ4v) is 3.12. The third-order valence-electron chi connectivity index (χ3n) is 2.60. The van der Waals surface area contributed by atoms with Crippen molar-refractivity contribution in [2.24, 2.45) is 0 Å². The maximum atomic E-state index is 12.5. The van der Waals surface area contributed by atoms with Crippen molar-refractivity contribution in [3.8, 4) is 0 Å². The van der Waals surface area contributed by atoms with Crippen LogP contribution < -0.4 is 0 Å². The maximum Gasteiger partial charge on any atom is 0.197 e. The third kappa shape index (κ3) is 3.14. The van der Waals surface area contributed by atoms with Crippen LogP contribution in [0.2, 0.25) is 15.1 Å². The van der Waals surface area contributed by atoms with E-state index in [2.05, 4.69) is 15.9 Å². The van der Waals surface area contributed by atoms with Gasteiger partial charge >= 0.3 is 0 Å². The number of hydrogen-bond donors (Lipinski definition) is 0. The molecule has 98 valence electrons. The first-order chi connectivity index (χ1) is 8.90. The molecular weight excluding hydrogens is 370 g/mol. The highest BCUT2D eigenvalue weighted by molar-refractivity contribution is 9.10. The molecule has 0 aliphatic heterocycles. The molecule has 0 aliphatic rings. The third-order valence-corrected chi connectivity index (χ3v) is 4.11. The minimum absolute atomic E-state index is 0.234. The monoisotopic (exact) mass is 376 g/mol. The van der Waals surface area contributed by atoms with Gasteiger partial charge in [-0.2, -0.15) is 0 Å². The number of carbonyl (C=O) groups excluding carboxylic acids is 1. The molecule has 0 saturated carbocycles. The standard InChI is InChI=1S/C14H8BrCl3O/c1-7-2-3-10(15)9(4-7)14(19)13-11(17)5-8(16)6-12(13)18/h2-6H,1H3. The zero-order valence-electron chi connectivity index (χ0n) is 9.81. The second-order valence-electron chi connectivity index (χ2n) is 4.06. The van der Waals surface area contributed by atoms with Gasteiger partial charge in [0.1, 0.15) is 0 Å². The lowest BCUT2D eigenvalue weighted by atomic mass is 10.0. The number of carbonyl (C=O) groups is 1. The molecule has 2 aromatic rings. The minimum Gasteiger partial charge on any atom is -0.288 e. The van der Waals surface area contributed by atoms with Gasteiger partial charge in [-0.25, -0.2) is 0 Å². The summed E-state index contributed by atoms with van der Waals surface area (Å²) in [5.41, 5.74) is 1.76. The Labute approximate surface area is 134 Å². The number of benzene rings is 2. The lowest BCUT2D eigenvalue weighted by Crippen LogP contribution is -2.05. The van der Waals surface area contributed by atoms with Crippen molar-refractivity contribution in [1.82, 2.24) is 0 Å². The molecule has 0 unspecified atom stereocenters. The van der Waals surface area contributed by atoms with Crippen molar-refractivity contribution >= 4 is 56.5 Å². The van der Waals surface area contributed by atoms with Crippen LogP contribution in [0, 0.1) is 6.92 Å². The van der Waals surface area contributed by atoms with E-state index in [-0.39, 0.29) is 21.4 Å². The lowest BCUT2D eigenvalue weighted by Gasteiger charge is -2.09. The predicted molar refractivity (Wildman–Crippen MR) is 83.8 cm³/mol. The molecular formula is C14H8BrCl3O. The highest BCUT2D eigenvalue weighted by Crippen LogP contribution is 2.32. The van der Waals surface area contributed by atoms with Crippen molar-refractivity contribution in [2.75, 3.05) is 0 Å². The van der Waals surface area contributed by atoms with Gasteiger partial charge < -0.3 is 0 Å². The Balaban J connectivity index is 2.59. The van der Waals surface area contributed by atoms with Gasteiger partial charge in [0.05, 0.1) is 15.6 Å². The van der Waals surface area contributed by atoms with Crippen LogP contribution in [0.1, 0.15) is 21.5 Å². The molecule has 0 bridgehead atoms. The van der Waals surface area contributed by atoms with Crippen molar-refractivity contribution in [2.45, 2.75) is 6.92 Å². The molecule has 0 amide bonds. The van der Waals surface area contributed by atoms with Crippen molar-refractivity contribution in [3.05, 3.63) is 66.6 Å². The smallest absolute Gasteiger partial charge is 0.197 e. The second kappa shape index (κ2) is 5.84.